The number of fused-ring (bicyclic) bond motifs is 1. The minimum atomic E-state index is -0.875. The first-order valence-corrected chi connectivity index (χ1v) is 7.00. The number of piperidine rings is 1. The summed E-state index contributed by atoms with van der Waals surface area (Å²) in [6.45, 7) is 1.04. The summed E-state index contributed by atoms with van der Waals surface area (Å²) in [6.07, 6.45) is 3.62. The van der Waals surface area contributed by atoms with Crippen LogP contribution in [-0.4, -0.2) is 44.3 Å². The number of hydrogen-bond acceptors (Lipinski definition) is 5. The van der Waals surface area contributed by atoms with Crippen LogP contribution in [0.4, 0.5) is 4.79 Å². The quantitative estimate of drug-likeness (QED) is 0.897. The Hall–Kier alpha value is -2.15. The van der Waals surface area contributed by atoms with Crippen LogP contribution in [0.5, 0.6) is 0 Å². The fourth-order valence-electron chi connectivity index (χ4n) is 2.72. The molecule has 1 atom stereocenters. The van der Waals surface area contributed by atoms with E-state index in [1.165, 1.54) is 4.90 Å². The fourth-order valence-corrected chi connectivity index (χ4v) is 2.72. The van der Waals surface area contributed by atoms with Crippen LogP contribution in [0.1, 0.15) is 31.3 Å². The molecule has 3 heterocycles. The van der Waals surface area contributed by atoms with Crippen molar-refractivity contribution in [3.05, 3.63) is 24.4 Å². The molecule has 1 aliphatic rings. The second-order valence-electron chi connectivity index (χ2n) is 5.36. The lowest BCUT2D eigenvalue weighted by Gasteiger charge is -2.30. The van der Waals surface area contributed by atoms with Gasteiger partial charge in [0.25, 0.3) is 0 Å². The number of hydrogen-bond donors (Lipinski definition) is 2. The Balaban J connectivity index is 1.61. The minimum absolute atomic E-state index is 0.281. The number of aliphatic hydroxyl groups is 1. The fraction of sp³-hybridized carbons (Fsp3) is 0.500. The van der Waals surface area contributed by atoms with E-state index in [0.29, 0.717) is 36.5 Å². The van der Waals surface area contributed by atoms with E-state index in [9.17, 15) is 9.90 Å². The Morgan fingerprint density at radius 1 is 1.48 bits per heavy atom. The standard InChI is InChI=1S/C14H17N3O4/c18-11(7-9-2-5-17(6-3-9)14(19)20)13-16-10-8-15-4-1-12(10)21-13/h1,4,8-9,11,18H,2-3,5-7H2,(H,19,20). The van der Waals surface area contributed by atoms with Gasteiger partial charge in [0.05, 0.1) is 6.20 Å². The SMILES string of the molecule is O=C(O)N1CCC(CC(O)c2nc3cnccc3o2)CC1. The van der Waals surface area contributed by atoms with Crippen molar-refractivity contribution in [2.45, 2.75) is 25.4 Å². The molecule has 1 aliphatic heterocycles. The number of nitrogens with zero attached hydrogens (tertiary/aromatic N) is 3. The van der Waals surface area contributed by atoms with E-state index in [1.54, 1.807) is 18.5 Å². The molecule has 112 valence electrons. The van der Waals surface area contributed by atoms with Crippen LogP contribution in [0.2, 0.25) is 0 Å². The summed E-state index contributed by atoms with van der Waals surface area (Å²) in [5.41, 5.74) is 1.24. The first-order chi connectivity index (χ1) is 10.1. The summed E-state index contributed by atoms with van der Waals surface area (Å²) in [7, 11) is 0. The smallest absolute Gasteiger partial charge is 0.407 e. The third kappa shape index (κ3) is 2.97. The van der Waals surface area contributed by atoms with Crippen LogP contribution >= 0.6 is 0 Å². The molecule has 0 aliphatic carbocycles. The van der Waals surface area contributed by atoms with Gasteiger partial charge in [-0.15, -0.1) is 0 Å². The molecular formula is C14H17N3O4. The third-order valence-electron chi connectivity index (χ3n) is 3.93. The molecule has 2 N–H and O–H groups in total. The molecular weight excluding hydrogens is 274 g/mol. The van der Waals surface area contributed by atoms with E-state index in [4.69, 9.17) is 9.52 Å². The van der Waals surface area contributed by atoms with Gasteiger partial charge in [0.15, 0.2) is 5.58 Å². The van der Waals surface area contributed by atoms with Gasteiger partial charge in [0, 0.05) is 25.4 Å². The molecule has 1 fully saturated rings. The highest BCUT2D eigenvalue weighted by Crippen LogP contribution is 2.29. The van der Waals surface area contributed by atoms with Crippen molar-refractivity contribution in [2.75, 3.05) is 13.1 Å². The number of rotatable bonds is 3. The molecule has 1 unspecified atom stereocenters. The third-order valence-corrected chi connectivity index (χ3v) is 3.93. The van der Waals surface area contributed by atoms with Gasteiger partial charge in [-0.25, -0.2) is 9.78 Å². The van der Waals surface area contributed by atoms with Crippen LogP contribution in [0.25, 0.3) is 11.1 Å². The van der Waals surface area contributed by atoms with E-state index in [2.05, 4.69) is 9.97 Å². The number of pyridine rings is 1. The number of oxazole rings is 1. The molecule has 0 spiro atoms. The first kappa shape index (κ1) is 13.8. The van der Waals surface area contributed by atoms with E-state index in [0.717, 1.165) is 12.8 Å². The Labute approximate surface area is 121 Å². The number of aliphatic hydroxyl groups excluding tert-OH is 1. The predicted molar refractivity (Wildman–Crippen MR) is 73.7 cm³/mol. The number of carbonyl (C=O) groups is 1. The summed E-state index contributed by atoms with van der Waals surface area (Å²) in [6, 6.07) is 1.71. The monoisotopic (exact) mass is 291 g/mol. The Morgan fingerprint density at radius 3 is 2.90 bits per heavy atom. The van der Waals surface area contributed by atoms with Crippen molar-refractivity contribution in [3.8, 4) is 0 Å². The highest BCUT2D eigenvalue weighted by atomic mass is 16.4. The van der Waals surface area contributed by atoms with Gasteiger partial charge in [-0.1, -0.05) is 0 Å². The van der Waals surface area contributed by atoms with Gasteiger partial charge in [-0.3, -0.25) is 4.98 Å². The molecule has 2 aromatic heterocycles. The molecule has 0 aromatic carbocycles. The minimum Gasteiger partial charge on any atom is -0.465 e. The van der Waals surface area contributed by atoms with Gasteiger partial charge in [0.2, 0.25) is 5.89 Å². The summed E-state index contributed by atoms with van der Waals surface area (Å²) in [5.74, 6) is 0.586. The maximum absolute atomic E-state index is 10.8. The van der Waals surface area contributed by atoms with Gasteiger partial charge in [-0.05, 0) is 25.2 Å². The van der Waals surface area contributed by atoms with Crippen molar-refractivity contribution < 1.29 is 19.4 Å². The molecule has 7 heteroatoms. The van der Waals surface area contributed by atoms with Gasteiger partial charge in [0.1, 0.15) is 11.6 Å². The Morgan fingerprint density at radius 2 is 2.24 bits per heavy atom. The average Bonchev–Trinajstić information content (AvgIpc) is 2.92. The van der Waals surface area contributed by atoms with Gasteiger partial charge in [-0.2, -0.15) is 0 Å². The lowest BCUT2D eigenvalue weighted by Crippen LogP contribution is -2.37. The topological polar surface area (TPSA) is 99.7 Å². The van der Waals surface area contributed by atoms with Crippen molar-refractivity contribution in [1.82, 2.24) is 14.9 Å². The lowest BCUT2D eigenvalue weighted by atomic mass is 9.91. The summed E-state index contributed by atoms with van der Waals surface area (Å²) >= 11 is 0. The molecule has 1 saturated heterocycles. The number of amides is 1. The van der Waals surface area contributed by atoms with Gasteiger partial charge >= 0.3 is 6.09 Å². The maximum Gasteiger partial charge on any atom is 0.407 e. The summed E-state index contributed by atoms with van der Waals surface area (Å²) in [4.78, 5) is 20.5. The van der Waals surface area contributed by atoms with Gasteiger partial charge < -0.3 is 19.5 Å². The number of likely N-dealkylation sites (tertiary alicyclic amines) is 1. The van der Waals surface area contributed by atoms with E-state index in [-0.39, 0.29) is 5.92 Å². The lowest BCUT2D eigenvalue weighted by molar-refractivity contribution is 0.0855. The van der Waals surface area contributed by atoms with E-state index in [1.807, 2.05) is 0 Å². The molecule has 7 nitrogen and oxygen atoms in total. The highest BCUT2D eigenvalue weighted by molar-refractivity contribution is 5.70. The number of aromatic nitrogens is 2. The van der Waals surface area contributed by atoms with E-state index >= 15 is 0 Å². The van der Waals surface area contributed by atoms with Crippen LogP contribution in [-0.2, 0) is 0 Å². The molecule has 3 rings (SSSR count). The van der Waals surface area contributed by atoms with Crippen molar-refractivity contribution >= 4 is 17.2 Å². The molecule has 1 amide bonds. The zero-order chi connectivity index (χ0) is 14.8. The van der Waals surface area contributed by atoms with Crippen molar-refractivity contribution in [3.63, 3.8) is 0 Å². The predicted octanol–water partition coefficient (Wildman–Crippen LogP) is 2.04. The van der Waals surface area contributed by atoms with Crippen molar-refractivity contribution in [1.29, 1.82) is 0 Å². The Kier molecular flexibility index (Phi) is 3.74. The zero-order valence-electron chi connectivity index (χ0n) is 11.5. The molecule has 2 aromatic rings. The summed E-state index contributed by atoms with van der Waals surface area (Å²) < 4.78 is 5.53. The van der Waals surface area contributed by atoms with Crippen LogP contribution in [0, 0.1) is 5.92 Å². The van der Waals surface area contributed by atoms with Crippen LogP contribution in [0.3, 0.4) is 0 Å². The highest BCUT2D eigenvalue weighted by Gasteiger charge is 2.26. The maximum atomic E-state index is 10.8. The van der Waals surface area contributed by atoms with Crippen molar-refractivity contribution in [2.24, 2.45) is 5.92 Å². The second-order valence-corrected chi connectivity index (χ2v) is 5.36. The van der Waals surface area contributed by atoms with E-state index < -0.39 is 12.2 Å². The molecule has 0 bridgehead atoms. The normalized spacial score (nSPS) is 18.0. The molecule has 0 saturated carbocycles. The molecule has 0 radical (unpaired) electrons. The number of carboxylic acid groups (broad SMARTS) is 1. The first-order valence-electron chi connectivity index (χ1n) is 7.00. The Bertz CT molecular complexity index is 601. The second kappa shape index (κ2) is 5.69. The zero-order valence-corrected chi connectivity index (χ0v) is 11.5. The largest absolute Gasteiger partial charge is 0.465 e. The van der Waals surface area contributed by atoms with Crippen LogP contribution < -0.4 is 0 Å². The summed E-state index contributed by atoms with van der Waals surface area (Å²) in [5, 5.41) is 19.2. The molecule has 21 heavy (non-hydrogen) atoms. The van der Waals surface area contributed by atoms with Crippen LogP contribution in [0.15, 0.2) is 22.9 Å². The average molecular weight is 291 g/mol.